The van der Waals surface area contributed by atoms with Gasteiger partial charge in [0.25, 0.3) is 0 Å². The molecule has 0 radical (unpaired) electrons. The first kappa shape index (κ1) is 20.5. The molecular formula is C22H28N2O3. The minimum absolute atomic E-state index is 0.0675. The molecule has 2 aromatic rings. The summed E-state index contributed by atoms with van der Waals surface area (Å²) in [7, 11) is 1.61. The summed E-state index contributed by atoms with van der Waals surface area (Å²) in [5.74, 6) is 0.542. The van der Waals surface area contributed by atoms with E-state index in [9.17, 15) is 9.59 Å². The number of carbonyl (C=O) groups excluding carboxylic acids is 2. The first-order valence-electron chi connectivity index (χ1n) is 9.33. The second-order valence-corrected chi connectivity index (χ2v) is 6.35. The van der Waals surface area contributed by atoms with Crippen molar-refractivity contribution >= 4 is 11.8 Å². The number of nitrogens with zero attached hydrogens (tertiary/aromatic N) is 1. The van der Waals surface area contributed by atoms with E-state index in [0.29, 0.717) is 19.5 Å². The van der Waals surface area contributed by atoms with Crippen molar-refractivity contribution in [2.75, 3.05) is 13.7 Å². The Hall–Kier alpha value is -2.82. The lowest BCUT2D eigenvalue weighted by Crippen LogP contribution is -2.49. The summed E-state index contributed by atoms with van der Waals surface area (Å²) in [6.07, 6.45) is 0.817. The molecule has 0 bridgehead atoms. The molecule has 144 valence electrons. The third-order valence-electron chi connectivity index (χ3n) is 4.42. The first-order valence-corrected chi connectivity index (χ1v) is 9.33. The Balaban J connectivity index is 2.28. The van der Waals surface area contributed by atoms with Gasteiger partial charge >= 0.3 is 0 Å². The Labute approximate surface area is 161 Å². The Kier molecular flexibility index (Phi) is 7.86. The fourth-order valence-corrected chi connectivity index (χ4v) is 3.05. The highest BCUT2D eigenvalue weighted by Gasteiger charge is 2.28. The topological polar surface area (TPSA) is 58.6 Å². The fourth-order valence-electron chi connectivity index (χ4n) is 3.05. The van der Waals surface area contributed by atoms with Crippen molar-refractivity contribution in [3.8, 4) is 5.75 Å². The van der Waals surface area contributed by atoms with Gasteiger partial charge in [-0.15, -0.1) is 0 Å². The van der Waals surface area contributed by atoms with E-state index in [4.69, 9.17) is 4.74 Å². The van der Waals surface area contributed by atoms with Gasteiger partial charge in [-0.1, -0.05) is 49.4 Å². The Bertz CT molecular complexity index is 746. The minimum Gasteiger partial charge on any atom is -0.497 e. The normalized spacial score (nSPS) is 11.5. The maximum absolute atomic E-state index is 13.1. The lowest BCUT2D eigenvalue weighted by molar-refractivity contribution is -0.140. The second kappa shape index (κ2) is 10.4. The molecule has 0 aromatic heterocycles. The van der Waals surface area contributed by atoms with Crippen LogP contribution in [0.3, 0.4) is 0 Å². The number of nitrogens with one attached hydrogen (secondary N) is 1. The average Bonchev–Trinajstić information content (AvgIpc) is 2.69. The molecule has 1 atom stereocenters. The second-order valence-electron chi connectivity index (χ2n) is 6.35. The average molecular weight is 368 g/mol. The molecule has 0 aliphatic rings. The zero-order valence-electron chi connectivity index (χ0n) is 16.3. The highest BCUT2D eigenvalue weighted by Crippen LogP contribution is 2.18. The van der Waals surface area contributed by atoms with Crippen LogP contribution in [0.1, 0.15) is 31.4 Å². The number of amides is 2. The summed E-state index contributed by atoms with van der Waals surface area (Å²) in [5, 5.41) is 2.85. The summed E-state index contributed by atoms with van der Waals surface area (Å²) < 4.78 is 5.28. The van der Waals surface area contributed by atoms with Crippen molar-refractivity contribution < 1.29 is 14.3 Å². The summed E-state index contributed by atoms with van der Waals surface area (Å²) in [5.41, 5.74) is 1.86. The van der Waals surface area contributed by atoms with Gasteiger partial charge in [0.2, 0.25) is 11.8 Å². The van der Waals surface area contributed by atoms with Gasteiger partial charge in [-0.2, -0.15) is 0 Å². The summed E-state index contributed by atoms with van der Waals surface area (Å²) in [6, 6.07) is 16.7. The largest absolute Gasteiger partial charge is 0.497 e. The van der Waals surface area contributed by atoms with E-state index in [1.54, 1.807) is 12.0 Å². The predicted molar refractivity (Wildman–Crippen MR) is 106 cm³/mol. The molecule has 5 nitrogen and oxygen atoms in total. The molecule has 2 amide bonds. The zero-order chi connectivity index (χ0) is 19.6. The van der Waals surface area contributed by atoms with Gasteiger partial charge < -0.3 is 15.0 Å². The van der Waals surface area contributed by atoms with Crippen LogP contribution in [-0.4, -0.2) is 36.4 Å². The molecule has 1 N–H and O–H groups in total. The van der Waals surface area contributed by atoms with E-state index in [1.807, 2.05) is 68.4 Å². The van der Waals surface area contributed by atoms with Crippen LogP contribution >= 0.6 is 0 Å². The quantitative estimate of drug-likeness (QED) is 0.740. The lowest BCUT2D eigenvalue weighted by Gasteiger charge is -2.30. The van der Waals surface area contributed by atoms with E-state index in [0.717, 1.165) is 16.9 Å². The van der Waals surface area contributed by atoms with Gasteiger partial charge in [-0.05, 0) is 36.6 Å². The van der Waals surface area contributed by atoms with Gasteiger partial charge in [-0.25, -0.2) is 0 Å². The number of carbonyl (C=O) groups is 2. The summed E-state index contributed by atoms with van der Waals surface area (Å²) in [4.78, 5) is 27.3. The summed E-state index contributed by atoms with van der Waals surface area (Å²) >= 11 is 0. The Morgan fingerprint density at radius 2 is 1.74 bits per heavy atom. The molecule has 0 heterocycles. The van der Waals surface area contributed by atoms with E-state index < -0.39 is 6.04 Å². The van der Waals surface area contributed by atoms with E-state index in [2.05, 4.69) is 5.32 Å². The number of likely N-dealkylation sites (N-methyl/N-ethyl adjacent to an activating group) is 1. The van der Waals surface area contributed by atoms with Crippen molar-refractivity contribution in [1.82, 2.24) is 10.2 Å². The molecule has 0 saturated heterocycles. The maximum Gasteiger partial charge on any atom is 0.242 e. The Morgan fingerprint density at radius 1 is 1.04 bits per heavy atom. The third kappa shape index (κ3) is 5.84. The molecule has 2 aromatic carbocycles. The van der Waals surface area contributed by atoms with Crippen molar-refractivity contribution in [2.45, 2.75) is 39.3 Å². The van der Waals surface area contributed by atoms with E-state index in [1.165, 1.54) is 0 Å². The van der Waals surface area contributed by atoms with E-state index >= 15 is 0 Å². The molecule has 0 spiro atoms. The van der Waals surface area contributed by atoms with Crippen molar-refractivity contribution in [2.24, 2.45) is 0 Å². The van der Waals surface area contributed by atoms with Crippen molar-refractivity contribution in [3.63, 3.8) is 0 Å². The molecule has 5 heteroatoms. The van der Waals surface area contributed by atoms with Crippen molar-refractivity contribution in [3.05, 3.63) is 65.7 Å². The van der Waals surface area contributed by atoms with Crippen molar-refractivity contribution in [1.29, 1.82) is 0 Å². The number of benzene rings is 2. The van der Waals surface area contributed by atoms with Crippen LogP contribution in [-0.2, 0) is 22.6 Å². The van der Waals surface area contributed by atoms with Gasteiger partial charge in [0.15, 0.2) is 0 Å². The molecule has 0 saturated carbocycles. The monoisotopic (exact) mass is 368 g/mol. The van der Waals surface area contributed by atoms with Crippen LogP contribution < -0.4 is 10.1 Å². The minimum atomic E-state index is -0.507. The number of methoxy groups -OCH3 is 1. The van der Waals surface area contributed by atoms with Crippen LogP contribution in [0.4, 0.5) is 0 Å². The van der Waals surface area contributed by atoms with Crippen LogP contribution in [0.25, 0.3) is 0 Å². The molecular weight excluding hydrogens is 340 g/mol. The van der Waals surface area contributed by atoms with Gasteiger partial charge in [0.05, 0.1) is 13.5 Å². The molecule has 0 fully saturated rings. The molecule has 1 unspecified atom stereocenters. The number of ether oxygens (including phenoxy) is 1. The number of hydrogen-bond acceptors (Lipinski definition) is 3. The van der Waals surface area contributed by atoms with E-state index in [-0.39, 0.29) is 18.2 Å². The molecule has 2 rings (SSSR count). The molecule has 27 heavy (non-hydrogen) atoms. The highest BCUT2D eigenvalue weighted by molar-refractivity contribution is 5.88. The van der Waals surface area contributed by atoms with Gasteiger partial charge in [-0.3, -0.25) is 9.59 Å². The molecule has 0 aliphatic carbocycles. The smallest absolute Gasteiger partial charge is 0.242 e. The SMILES string of the molecule is CCNC(=O)C(CC)N(Cc1cccc(OC)c1)C(=O)Cc1ccccc1. The third-order valence-corrected chi connectivity index (χ3v) is 4.42. The first-order chi connectivity index (χ1) is 13.1. The fraction of sp³-hybridized carbons (Fsp3) is 0.364. The summed E-state index contributed by atoms with van der Waals surface area (Å²) in [6.45, 7) is 4.70. The number of hydrogen-bond donors (Lipinski definition) is 1. The van der Waals surface area contributed by atoms with Crippen LogP contribution in [0.15, 0.2) is 54.6 Å². The van der Waals surface area contributed by atoms with Crippen LogP contribution in [0, 0.1) is 0 Å². The maximum atomic E-state index is 13.1. The standard InChI is InChI=1S/C22H28N2O3/c1-4-20(22(26)23-5-2)24(16-18-12-9-13-19(14-18)27-3)21(25)15-17-10-7-6-8-11-17/h6-14,20H,4-5,15-16H2,1-3H3,(H,23,26). The van der Waals surface area contributed by atoms with Gasteiger partial charge in [0, 0.05) is 13.1 Å². The highest BCUT2D eigenvalue weighted by atomic mass is 16.5. The van der Waals surface area contributed by atoms with Gasteiger partial charge in [0.1, 0.15) is 11.8 Å². The zero-order valence-corrected chi connectivity index (χ0v) is 16.3. The van der Waals surface area contributed by atoms with Crippen LogP contribution in [0.2, 0.25) is 0 Å². The number of rotatable bonds is 9. The molecule has 0 aliphatic heterocycles. The lowest BCUT2D eigenvalue weighted by atomic mass is 10.1. The Morgan fingerprint density at radius 3 is 2.37 bits per heavy atom. The predicted octanol–water partition coefficient (Wildman–Crippen LogP) is 3.18. The van der Waals surface area contributed by atoms with Crippen LogP contribution in [0.5, 0.6) is 5.75 Å².